The molecule has 0 amide bonds. The highest BCUT2D eigenvalue weighted by Gasteiger charge is 2.20. The van der Waals surface area contributed by atoms with Crippen molar-refractivity contribution in [2.24, 2.45) is 0 Å². The summed E-state index contributed by atoms with van der Waals surface area (Å²) in [6.07, 6.45) is 8.91. The first-order chi connectivity index (χ1) is 15.5. The van der Waals surface area contributed by atoms with E-state index in [0.717, 1.165) is 57.7 Å². The van der Waals surface area contributed by atoms with Crippen LogP contribution < -0.4 is 16.0 Å². The number of nitrogens with zero attached hydrogens (tertiary/aromatic N) is 2. The standard InChI is InChI=1S/C26H36Cl2N4/c1-3-4-9-21-11-10-20(19-23(21)30-2)8-6-5-7-14-31-15-17-32(18-16-31)24-13-12-22(29)25(27)26(24)28/h3,10-13,19,30H,1,4-9,14-18,29H2,2H3. The molecule has 1 heterocycles. The van der Waals surface area contributed by atoms with Crippen LogP contribution in [0.2, 0.25) is 10.0 Å². The SMILES string of the molecule is C=CCCc1ccc(CCCCCN2CCN(c3ccc(N)c(Cl)c3Cl)CC2)cc1NC. The number of unbranched alkanes of at least 4 members (excludes halogenated alkanes) is 2. The molecule has 1 saturated heterocycles. The third-order valence-electron chi connectivity index (χ3n) is 6.31. The Hall–Kier alpha value is -1.88. The van der Waals surface area contributed by atoms with E-state index in [0.29, 0.717) is 15.7 Å². The Kier molecular flexibility index (Phi) is 9.58. The molecule has 0 saturated carbocycles. The van der Waals surface area contributed by atoms with Gasteiger partial charge in [-0.05, 0) is 68.0 Å². The average Bonchev–Trinajstić information content (AvgIpc) is 2.82. The first kappa shape index (κ1) is 24.8. The van der Waals surface area contributed by atoms with Crippen molar-refractivity contribution in [3.05, 3.63) is 64.2 Å². The van der Waals surface area contributed by atoms with E-state index < -0.39 is 0 Å². The molecule has 0 atom stereocenters. The van der Waals surface area contributed by atoms with Gasteiger partial charge in [-0.2, -0.15) is 0 Å². The van der Waals surface area contributed by atoms with Crippen molar-refractivity contribution in [1.29, 1.82) is 0 Å². The molecular weight excluding hydrogens is 439 g/mol. The number of nitrogen functional groups attached to an aromatic ring is 1. The number of allylic oxidation sites excluding steroid dienone is 1. The van der Waals surface area contributed by atoms with E-state index in [4.69, 9.17) is 28.9 Å². The van der Waals surface area contributed by atoms with Crippen molar-refractivity contribution < 1.29 is 0 Å². The maximum absolute atomic E-state index is 6.41. The largest absolute Gasteiger partial charge is 0.397 e. The fourth-order valence-electron chi connectivity index (χ4n) is 4.34. The molecule has 3 rings (SSSR count). The van der Waals surface area contributed by atoms with Gasteiger partial charge in [-0.3, -0.25) is 4.90 Å². The lowest BCUT2D eigenvalue weighted by atomic mass is 10.0. The summed E-state index contributed by atoms with van der Waals surface area (Å²) < 4.78 is 0. The molecule has 1 aliphatic rings. The summed E-state index contributed by atoms with van der Waals surface area (Å²) in [4.78, 5) is 4.86. The first-order valence-corrected chi connectivity index (χ1v) is 12.4. The predicted octanol–water partition coefficient (Wildman–Crippen LogP) is 6.27. The Morgan fingerprint density at radius 3 is 2.50 bits per heavy atom. The molecule has 32 heavy (non-hydrogen) atoms. The Morgan fingerprint density at radius 1 is 1.00 bits per heavy atom. The molecule has 0 spiro atoms. The van der Waals surface area contributed by atoms with Gasteiger partial charge >= 0.3 is 0 Å². The Bertz CT molecular complexity index is 892. The number of nitrogens with one attached hydrogen (secondary N) is 1. The van der Waals surface area contributed by atoms with Gasteiger partial charge in [0.2, 0.25) is 0 Å². The summed E-state index contributed by atoms with van der Waals surface area (Å²) in [5.74, 6) is 0. The quantitative estimate of drug-likeness (QED) is 0.228. The van der Waals surface area contributed by atoms with Crippen LogP contribution in [-0.2, 0) is 12.8 Å². The van der Waals surface area contributed by atoms with Crippen molar-refractivity contribution in [2.45, 2.75) is 38.5 Å². The zero-order chi connectivity index (χ0) is 22.9. The van der Waals surface area contributed by atoms with Gasteiger partial charge < -0.3 is 16.0 Å². The van der Waals surface area contributed by atoms with Crippen LogP contribution >= 0.6 is 23.2 Å². The number of aryl methyl sites for hydroxylation is 2. The van der Waals surface area contributed by atoms with Crippen molar-refractivity contribution in [3.63, 3.8) is 0 Å². The van der Waals surface area contributed by atoms with Gasteiger partial charge in [0.15, 0.2) is 0 Å². The summed E-state index contributed by atoms with van der Waals surface area (Å²) in [7, 11) is 2.01. The average molecular weight is 476 g/mol. The number of rotatable bonds is 11. The van der Waals surface area contributed by atoms with Gasteiger partial charge in [-0.25, -0.2) is 0 Å². The number of hydrogen-bond acceptors (Lipinski definition) is 4. The fourth-order valence-corrected chi connectivity index (χ4v) is 4.79. The summed E-state index contributed by atoms with van der Waals surface area (Å²) in [5.41, 5.74) is 11.4. The van der Waals surface area contributed by atoms with Crippen molar-refractivity contribution in [3.8, 4) is 0 Å². The lowest BCUT2D eigenvalue weighted by molar-refractivity contribution is 0.252. The molecule has 0 unspecified atom stereocenters. The Balaban J connectivity index is 1.37. The lowest BCUT2D eigenvalue weighted by Crippen LogP contribution is -2.46. The van der Waals surface area contributed by atoms with Crippen molar-refractivity contribution in [2.75, 3.05) is 55.7 Å². The smallest absolute Gasteiger partial charge is 0.0846 e. The molecule has 6 heteroatoms. The zero-order valence-electron chi connectivity index (χ0n) is 19.2. The van der Waals surface area contributed by atoms with Crippen molar-refractivity contribution >= 4 is 40.3 Å². The van der Waals surface area contributed by atoms with Gasteiger partial charge in [0, 0.05) is 38.9 Å². The molecule has 2 aromatic rings. The minimum Gasteiger partial charge on any atom is -0.397 e. The highest BCUT2D eigenvalue weighted by atomic mass is 35.5. The van der Waals surface area contributed by atoms with Crippen LogP contribution in [0.3, 0.4) is 0 Å². The van der Waals surface area contributed by atoms with Crippen LogP contribution in [0.15, 0.2) is 43.0 Å². The van der Waals surface area contributed by atoms with Crippen LogP contribution in [0.4, 0.5) is 17.1 Å². The summed E-state index contributed by atoms with van der Waals surface area (Å²) in [6.45, 7) is 9.02. The molecule has 1 aliphatic heterocycles. The van der Waals surface area contributed by atoms with E-state index in [9.17, 15) is 0 Å². The van der Waals surface area contributed by atoms with Crippen LogP contribution in [-0.4, -0.2) is 44.7 Å². The topological polar surface area (TPSA) is 44.5 Å². The number of nitrogens with two attached hydrogens (primary N) is 1. The van der Waals surface area contributed by atoms with Gasteiger partial charge in [-0.15, -0.1) is 6.58 Å². The second kappa shape index (κ2) is 12.4. The monoisotopic (exact) mass is 474 g/mol. The highest BCUT2D eigenvalue weighted by Crippen LogP contribution is 2.36. The van der Waals surface area contributed by atoms with Gasteiger partial charge in [0.05, 0.1) is 21.4 Å². The molecule has 174 valence electrons. The second-order valence-corrected chi connectivity index (χ2v) is 9.27. The highest BCUT2D eigenvalue weighted by molar-refractivity contribution is 6.45. The van der Waals surface area contributed by atoms with Crippen LogP contribution in [0.25, 0.3) is 0 Å². The summed E-state index contributed by atoms with van der Waals surface area (Å²) in [5, 5.41) is 4.37. The zero-order valence-corrected chi connectivity index (χ0v) is 20.7. The molecular formula is C26H36Cl2N4. The number of hydrogen-bond donors (Lipinski definition) is 2. The van der Waals surface area contributed by atoms with Gasteiger partial charge in [-0.1, -0.05) is 47.8 Å². The van der Waals surface area contributed by atoms with E-state index in [2.05, 4.69) is 39.9 Å². The van der Waals surface area contributed by atoms with E-state index >= 15 is 0 Å². The number of piperazine rings is 1. The molecule has 0 bridgehead atoms. The minimum atomic E-state index is 0.458. The Morgan fingerprint density at radius 2 is 1.78 bits per heavy atom. The summed E-state index contributed by atoms with van der Waals surface area (Å²) >= 11 is 12.6. The third-order valence-corrected chi connectivity index (χ3v) is 7.19. The van der Waals surface area contributed by atoms with Crippen LogP contribution in [0.5, 0.6) is 0 Å². The minimum absolute atomic E-state index is 0.458. The Labute approximate surface area is 203 Å². The second-order valence-electron chi connectivity index (χ2n) is 8.51. The van der Waals surface area contributed by atoms with Crippen LogP contribution in [0.1, 0.15) is 36.8 Å². The number of benzene rings is 2. The van der Waals surface area contributed by atoms with E-state index in [1.807, 2.05) is 25.3 Å². The molecule has 0 aliphatic carbocycles. The number of anilines is 3. The summed E-state index contributed by atoms with van der Waals surface area (Å²) in [6, 6.07) is 10.7. The number of halogens is 2. The van der Waals surface area contributed by atoms with Gasteiger partial charge in [0.25, 0.3) is 0 Å². The maximum Gasteiger partial charge on any atom is 0.0846 e. The van der Waals surface area contributed by atoms with E-state index in [-0.39, 0.29) is 0 Å². The van der Waals surface area contributed by atoms with Gasteiger partial charge in [0.1, 0.15) is 0 Å². The molecule has 2 aromatic carbocycles. The lowest BCUT2D eigenvalue weighted by Gasteiger charge is -2.36. The first-order valence-electron chi connectivity index (χ1n) is 11.6. The normalized spacial score (nSPS) is 14.5. The predicted molar refractivity (Wildman–Crippen MR) is 142 cm³/mol. The molecule has 0 radical (unpaired) electrons. The van der Waals surface area contributed by atoms with E-state index in [1.54, 1.807) is 0 Å². The van der Waals surface area contributed by atoms with Crippen molar-refractivity contribution in [1.82, 2.24) is 4.90 Å². The molecule has 4 nitrogen and oxygen atoms in total. The van der Waals surface area contributed by atoms with Crippen LogP contribution in [0, 0.1) is 0 Å². The molecule has 1 fully saturated rings. The molecule has 3 N–H and O–H groups in total. The fraction of sp³-hybridized carbons (Fsp3) is 0.462. The van der Waals surface area contributed by atoms with E-state index in [1.165, 1.54) is 36.1 Å². The maximum atomic E-state index is 6.41. The molecule has 0 aromatic heterocycles. The third kappa shape index (κ3) is 6.57.